The average molecular weight is 690 g/mol. The first kappa shape index (κ1) is 31.6. The van der Waals surface area contributed by atoms with Gasteiger partial charge in [-0.15, -0.1) is 0 Å². The lowest BCUT2D eigenvalue weighted by Crippen LogP contribution is -2.11. The lowest BCUT2D eigenvalue weighted by Gasteiger charge is -2.28. The number of anilines is 3. The van der Waals surface area contributed by atoms with Crippen LogP contribution in [0.25, 0.3) is 77.2 Å². The van der Waals surface area contributed by atoms with E-state index in [0.29, 0.717) is 0 Å². The number of para-hydroxylation sites is 3. The Morgan fingerprint density at radius 1 is 0.296 bits per heavy atom. The largest absolute Gasteiger partial charge is 0.455 e. The number of nitrogens with zero attached hydrogens (tertiary/aromatic N) is 1. The van der Waals surface area contributed by atoms with Gasteiger partial charge in [0.15, 0.2) is 0 Å². The fourth-order valence-electron chi connectivity index (χ4n) is 7.92. The van der Waals surface area contributed by atoms with E-state index in [2.05, 4.69) is 217 Å². The average Bonchev–Trinajstić information content (AvgIpc) is 3.64. The van der Waals surface area contributed by atoms with Crippen molar-refractivity contribution in [2.45, 2.75) is 0 Å². The molecule has 0 N–H and O–H groups in total. The van der Waals surface area contributed by atoms with Crippen molar-refractivity contribution in [1.82, 2.24) is 0 Å². The van der Waals surface area contributed by atoms with Crippen LogP contribution in [0.1, 0.15) is 0 Å². The minimum atomic E-state index is 0.882. The van der Waals surface area contributed by atoms with E-state index in [1.807, 2.05) is 0 Å². The summed E-state index contributed by atoms with van der Waals surface area (Å²) in [4.78, 5) is 2.38. The molecule has 0 spiro atoms. The standard InChI is InChI=1S/C52H35NO/c1-3-15-36(16-4-1)37-31-33-41(34-32-37)53(42-22-11-21-40(35-42)44-25-12-20-38-19-7-8-23-43(38)44)50-30-10-9-24-46(50)47-27-14-29-49-48-28-13-26-45(51(48)54-52(47)49)39-17-5-2-6-18-39/h1-35H. The van der Waals surface area contributed by atoms with Crippen LogP contribution in [0.5, 0.6) is 0 Å². The molecule has 0 atom stereocenters. The summed E-state index contributed by atoms with van der Waals surface area (Å²) >= 11 is 0. The van der Waals surface area contributed by atoms with Gasteiger partial charge in [0.05, 0.1) is 5.69 Å². The smallest absolute Gasteiger partial charge is 0.143 e. The van der Waals surface area contributed by atoms with Crippen molar-refractivity contribution in [1.29, 1.82) is 0 Å². The Hall–Kier alpha value is -7.16. The predicted octanol–water partition coefficient (Wildman–Crippen LogP) is 14.9. The van der Waals surface area contributed by atoms with Gasteiger partial charge in [-0.1, -0.05) is 182 Å². The Labute approximate surface area is 314 Å². The van der Waals surface area contributed by atoms with E-state index in [4.69, 9.17) is 4.42 Å². The fourth-order valence-corrected chi connectivity index (χ4v) is 7.92. The molecule has 2 heteroatoms. The maximum absolute atomic E-state index is 6.93. The van der Waals surface area contributed by atoms with Crippen LogP contribution in [0.2, 0.25) is 0 Å². The molecule has 10 rings (SSSR count). The van der Waals surface area contributed by atoms with Crippen LogP contribution in [0.3, 0.4) is 0 Å². The Bertz CT molecular complexity index is 2920. The van der Waals surface area contributed by atoms with Crippen molar-refractivity contribution in [2.24, 2.45) is 0 Å². The van der Waals surface area contributed by atoms with E-state index in [-0.39, 0.29) is 0 Å². The van der Waals surface area contributed by atoms with E-state index in [9.17, 15) is 0 Å². The van der Waals surface area contributed by atoms with Gasteiger partial charge in [-0.25, -0.2) is 0 Å². The first-order valence-corrected chi connectivity index (χ1v) is 18.4. The van der Waals surface area contributed by atoms with Crippen molar-refractivity contribution in [3.63, 3.8) is 0 Å². The van der Waals surface area contributed by atoms with Gasteiger partial charge in [-0.05, 0) is 68.9 Å². The number of hydrogen-bond donors (Lipinski definition) is 0. The van der Waals surface area contributed by atoms with Gasteiger partial charge in [-0.2, -0.15) is 0 Å². The highest BCUT2D eigenvalue weighted by molar-refractivity contribution is 6.14. The molecule has 0 unspecified atom stereocenters. The molecule has 0 bridgehead atoms. The van der Waals surface area contributed by atoms with Crippen LogP contribution in [0, 0.1) is 0 Å². The summed E-state index contributed by atoms with van der Waals surface area (Å²) < 4.78 is 6.93. The molecule has 0 aliphatic rings. The van der Waals surface area contributed by atoms with Gasteiger partial charge < -0.3 is 9.32 Å². The lowest BCUT2D eigenvalue weighted by atomic mass is 9.96. The van der Waals surface area contributed by atoms with E-state index < -0.39 is 0 Å². The van der Waals surface area contributed by atoms with Gasteiger partial charge in [0.2, 0.25) is 0 Å². The van der Waals surface area contributed by atoms with Crippen molar-refractivity contribution in [3.8, 4) is 44.5 Å². The van der Waals surface area contributed by atoms with Crippen LogP contribution in [0.15, 0.2) is 217 Å². The van der Waals surface area contributed by atoms with Crippen molar-refractivity contribution in [3.05, 3.63) is 212 Å². The first-order chi connectivity index (χ1) is 26.8. The highest BCUT2D eigenvalue weighted by Crippen LogP contribution is 2.46. The van der Waals surface area contributed by atoms with E-state index in [1.165, 1.54) is 33.0 Å². The zero-order valence-electron chi connectivity index (χ0n) is 29.6. The molecule has 1 aromatic heterocycles. The SMILES string of the molecule is c1ccc(-c2ccc(N(c3cccc(-c4cccc5ccccc45)c3)c3ccccc3-c3cccc4c3oc3c(-c5ccccc5)cccc34)cc2)cc1. The van der Waals surface area contributed by atoms with Gasteiger partial charge in [0.25, 0.3) is 0 Å². The molecule has 254 valence electrons. The van der Waals surface area contributed by atoms with Crippen LogP contribution in [-0.4, -0.2) is 0 Å². The van der Waals surface area contributed by atoms with Gasteiger partial charge in [-0.3, -0.25) is 0 Å². The predicted molar refractivity (Wildman–Crippen MR) is 228 cm³/mol. The second-order valence-electron chi connectivity index (χ2n) is 13.7. The number of rotatable bonds is 7. The molecule has 0 fully saturated rings. The molecule has 0 aliphatic carbocycles. The van der Waals surface area contributed by atoms with Gasteiger partial charge in [0, 0.05) is 38.8 Å². The Balaban J connectivity index is 1.17. The monoisotopic (exact) mass is 689 g/mol. The third-order valence-corrected chi connectivity index (χ3v) is 10.5. The number of benzene rings is 9. The van der Waals surface area contributed by atoms with E-state index >= 15 is 0 Å². The molecule has 10 aromatic rings. The minimum Gasteiger partial charge on any atom is -0.455 e. The molecule has 0 radical (unpaired) electrons. The fraction of sp³-hybridized carbons (Fsp3) is 0. The number of hydrogen-bond acceptors (Lipinski definition) is 2. The van der Waals surface area contributed by atoms with Crippen LogP contribution in [0.4, 0.5) is 17.1 Å². The summed E-state index contributed by atoms with van der Waals surface area (Å²) in [5.74, 6) is 0. The molecular weight excluding hydrogens is 655 g/mol. The van der Waals surface area contributed by atoms with Crippen LogP contribution < -0.4 is 4.90 Å². The second kappa shape index (κ2) is 13.4. The summed E-state index contributed by atoms with van der Waals surface area (Å²) in [6.07, 6.45) is 0. The lowest BCUT2D eigenvalue weighted by molar-refractivity contribution is 0.671. The summed E-state index contributed by atoms with van der Waals surface area (Å²) in [6, 6.07) is 75.7. The maximum atomic E-state index is 6.93. The molecule has 2 nitrogen and oxygen atoms in total. The van der Waals surface area contributed by atoms with Crippen molar-refractivity contribution >= 4 is 49.8 Å². The summed E-state index contributed by atoms with van der Waals surface area (Å²) in [5.41, 5.74) is 14.1. The summed E-state index contributed by atoms with van der Waals surface area (Å²) in [5, 5.41) is 4.69. The van der Waals surface area contributed by atoms with E-state index in [0.717, 1.165) is 61.3 Å². The zero-order chi connectivity index (χ0) is 35.8. The Morgan fingerprint density at radius 3 is 1.61 bits per heavy atom. The highest BCUT2D eigenvalue weighted by Gasteiger charge is 2.22. The Morgan fingerprint density at radius 2 is 0.815 bits per heavy atom. The Kier molecular flexibility index (Phi) is 7.85. The van der Waals surface area contributed by atoms with Crippen molar-refractivity contribution < 1.29 is 4.42 Å². The quantitative estimate of drug-likeness (QED) is 0.166. The molecule has 0 saturated heterocycles. The maximum Gasteiger partial charge on any atom is 0.143 e. The van der Waals surface area contributed by atoms with Crippen LogP contribution in [-0.2, 0) is 0 Å². The third kappa shape index (κ3) is 5.53. The highest BCUT2D eigenvalue weighted by atomic mass is 16.3. The van der Waals surface area contributed by atoms with Gasteiger partial charge >= 0.3 is 0 Å². The molecule has 9 aromatic carbocycles. The third-order valence-electron chi connectivity index (χ3n) is 10.5. The molecule has 0 saturated carbocycles. The van der Waals surface area contributed by atoms with Gasteiger partial charge in [0.1, 0.15) is 11.2 Å². The number of fused-ring (bicyclic) bond motifs is 4. The first-order valence-electron chi connectivity index (χ1n) is 18.4. The second-order valence-corrected chi connectivity index (χ2v) is 13.7. The minimum absolute atomic E-state index is 0.882. The van der Waals surface area contributed by atoms with E-state index in [1.54, 1.807) is 0 Å². The zero-order valence-corrected chi connectivity index (χ0v) is 29.6. The molecule has 0 aliphatic heterocycles. The number of furan rings is 1. The summed E-state index contributed by atoms with van der Waals surface area (Å²) in [7, 11) is 0. The molecule has 54 heavy (non-hydrogen) atoms. The molecule has 1 heterocycles. The molecule has 0 amide bonds. The van der Waals surface area contributed by atoms with Crippen LogP contribution >= 0.6 is 0 Å². The van der Waals surface area contributed by atoms with Crippen molar-refractivity contribution in [2.75, 3.05) is 4.90 Å². The topological polar surface area (TPSA) is 16.4 Å². The normalized spacial score (nSPS) is 11.3. The summed E-state index contributed by atoms with van der Waals surface area (Å²) in [6.45, 7) is 0. The molecular formula is C52H35NO.